The zero-order chi connectivity index (χ0) is 19.3. The molecule has 0 saturated heterocycles. The number of fused-ring (bicyclic) bond motifs is 3. The van der Waals surface area contributed by atoms with Gasteiger partial charge in [-0.2, -0.15) is 5.10 Å². The summed E-state index contributed by atoms with van der Waals surface area (Å²) in [6.45, 7) is 0. The minimum atomic E-state index is -0.229. The van der Waals surface area contributed by atoms with Gasteiger partial charge in [0, 0.05) is 16.7 Å². The van der Waals surface area contributed by atoms with E-state index in [4.69, 9.17) is 4.74 Å². The van der Waals surface area contributed by atoms with Gasteiger partial charge >= 0.3 is 0 Å². The molecule has 0 spiro atoms. The van der Waals surface area contributed by atoms with Gasteiger partial charge in [0.2, 0.25) is 0 Å². The molecule has 2 aliphatic rings. The van der Waals surface area contributed by atoms with E-state index in [1.165, 1.54) is 0 Å². The molecule has 2 N–H and O–H groups in total. The van der Waals surface area contributed by atoms with E-state index in [0.29, 0.717) is 33.8 Å². The predicted molar refractivity (Wildman–Crippen MR) is 105 cm³/mol. The number of rotatable bonds is 4. The van der Waals surface area contributed by atoms with E-state index in [0.717, 1.165) is 16.9 Å². The Morgan fingerprint density at radius 2 is 1.89 bits per heavy atom. The van der Waals surface area contributed by atoms with Gasteiger partial charge in [0.1, 0.15) is 11.4 Å². The van der Waals surface area contributed by atoms with Gasteiger partial charge in [-0.05, 0) is 42.5 Å². The number of amides is 1. The van der Waals surface area contributed by atoms with Crippen molar-refractivity contribution in [3.05, 3.63) is 77.4 Å². The number of nitrogens with zero attached hydrogens (tertiary/aromatic N) is 1. The molecule has 6 heteroatoms. The Labute approximate surface area is 160 Å². The first kappa shape index (κ1) is 16.3. The van der Waals surface area contributed by atoms with Crippen molar-refractivity contribution < 1.29 is 14.3 Å². The SMILES string of the molecule is COc1ccc(-c2n[nH]c3c2C(=O)c2c(NC(=O)C4=CC=C4)cccc2-3)cc1. The standard InChI is InChI=1S/C22H15N3O3/c1-28-14-10-8-12(9-11-14)19-18-20(25-24-19)15-6-3-7-16(17(15)21(18)26)23-22(27)13-4-2-5-13/h2-11H,1H3,(H,23,27)(H,24,25). The molecule has 0 radical (unpaired) electrons. The molecule has 0 aliphatic heterocycles. The molecule has 6 nitrogen and oxygen atoms in total. The maximum absolute atomic E-state index is 13.3. The van der Waals surface area contributed by atoms with Gasteiger partial charge in [-0.1, -0.05) is 18.2 Å². The topological polar surface area (TPSA) is 84.1 Å². The highest BCUT2D eigenvalue weighted by Gasteiger charge is 2.35. The highest BCUT2D eigenvalue weighted by molar-refractivity contribution is 6.27. The number of benzene rings is 2. The van der Waals surface area contributed by atoms with Gasteiger partial charge in [0.05, 0.1) is 29.6 Å². The highest BCUT2D eigenvalue weighted by Crippen LogP contribution is 2.43. The molecule has 1 heterocycles. The maximum atomic E-state index is 13.3. The van der Waals surface area contributed by atoms with E-state index >= 15 is 0 Å². The zero-order valence-corrected chi connectivity index (χ0v) is 14.9. The second kappa shape index (κ2) is 6.06. The summed E-state index contributed by atoms with van der Waals surface area (Å²) < 4.78 is 5.19. The Morgan fingerprint density at radius 1 is 1.11 bits per heavy atom. The molecule has 136 valence electrons. The molecule has 0 saturated carbocycles. The van der Waals surface area contributed by atoms with Crippen molar-refractivity contribution in [1.82, 2.24) is 10.2 Å². The number of carbonyl (C=O) groups excluding carboxylic acids is 2. The Balaban J connectivity index is 1.55. The second-order valence-electron chi connectivity index (χ2n) is 6.54. The van der Waals surface area contributed by atoms with Gasteiger partial charge < -0.3 is 10.1 Å². The molecule has 5 rings (SSSR count). The van der Waals surface area contributed by atoms with Crippen LogP contribution in [-0.4, -0.2) is 29.0 Å². The van der Waals surface area contributed by atoms with Gasteiger partial charge in [-0.15, -0.1) is 0 Å². The number of aromatic nitrogens is 2. The number of allylic oxidation sites excluding steroid dienone is 2. The summed E-state index contributed by atoms with van der Waals surface area (Å²) in [5.41, 5.74) is 4.90. The molecule has 0 unspecified atom stereocenters. The van der Waals surface area contributed by atoms with Gasteiger partial charge in [0.15, 0.2) is 5.78 Å². The summed E-state index contributed by atoms with van der Waals surface area (Å²) in [7, 11) is 1.60. The second-order valence-corrected chi connectivity index (χ2v) is 6.54. The Bertz CT molecular complexity index is 1200. The lowest BCUT2D eigenvalue weighted by atomic mass is 10.0. The fourth-order valence-corrected chi connectivity index (χ4v) is 3.49. The van der Waals surface area contributed by atoms with Crippen LogP contribution in [0, 0.1) is 0 Å². The minimum absolute atomic E-state index is 0.154. The Kier molecular flexibility index (Phi) is 3.52. The van der Waals surface area contributed by atoms with Crippen molar-refractivity contribution in [3.63, 3.8) is 0 Å². The van der Waals surface area contributed by atoms with E-state index in [1.807, 2.05) is 36.4 Å². The van der Waals surface area contributed by atoms with Crippen molar-refractivity contribution in [3.8, 4) is 28.3 Å². The molecule has 0 fully saturated rings. The van der Waals surface area contributed by atoms with Crippen LogP contribution in [0.3, 0.4) is 0 Å². The largest absolute Gasteiger partial charge is 0.497 e. The Hall–Kier alpha value is -3.93. The molecule has 1 aromatic heterocycles. The van der Waals surface area contributed by atoms with Crippen molar-refractivity contribution in [2.75, 3.05) is 12.4 Å². The van der Waals surface area contributed by atoms with Crippen LogP contribution in [0.1, 0.15) is 15.9 Å². The van der Waals surface area contributed by atoms with Crippen LogP contribution in [0.4, 0.5) is 5.69 Å². The average Bonchev–Trinajstić information content (AvgIpc) is 3.21. The normalized spacial score (nSPS) is 13.5. The number of aromatic amines is 1. The molecule has 28 heavy (non-hydrogen) atoms. The monoisotopic (exact) mass is 369 g/mol. The maximum Gasteiger partial charge on any atom is 0.255 e. The predicted octanol–water partition coefficient (Wildman–Crippen LogP) is 3.73. The summed E-state index contributed by atoms with van der Waals surface area (Å²) in [6.07, 6.45) is 5.26. The van der Waals surface area contributed by atoms with Crippen molar-refractivity contribution in [1.29, 1.82) is 0 Å². The number of nitrogens with one attached hydrogen (secondary N) is 2. The third-order valence-corrected chi connectivity index (χ3v) is 4.98. The summed E-state index contributed by atoms with van der Waals surface area (Å²) in [5.74, 6) is 0.348. The van der Waals surface area contributed by atoms with Gasteiger partial charge in [-0.25, -0.2) is 0 Å². The fourth-order valence-electron chi connectivity index (χ4n) is 3.49. The summed E-state index contributed by atoms with van der Waals surface area (Å²) in [4.78, 5) is 25.5. The number of hydrogen-bond donors (Lipinski definition) is 2. The van der Waals surface area contributed by atoms with E-state index in [2.05, 4.69) is 15.5 Å². The molecule has 2 aliphatic carbocycles. The van der Waals surface area contributed by atoms with Crippen LogP contribution in [0.15, 0.2) is 66.3 Å². The van der Waals surface area contributed by atoms with Crippen LogP contribution in [0.5, 0.6) is 5.75 Å². The lowest BCUT2D eigenvalue weighted by Crippen LogP contribution is -2.17. The minimum Gasteiger partial charge on any atom is -0.497 e. The molecular formula is C22H15N3O3. The van der Waals surface area contributed by atoms with Crippen LogP contribution >= 0.6 is 0 Å². The first-order chi connectivity index (χ1) is 13.7. The quantitative estimate of drug-likeness (QED) is 0.574. The van der Waals surface area contributed by atoms with Crippen molar-refractivity contribution in [2.24, 2.45) is 0 Å². The lowest BCUT2D eigenvalue weighted by molar-refractivity contribution is -0.112. The van der Waals surface area contributed by atoms with Crippen LogP contribution in [0.2, 0.25) is 0 Å². The summed E-state index contributed by atoms with van der Waals surface area (Å²) in [5, 5.41) is 10.2. The fraction of sp³-hybridized carbons (Fsp3) is 0.0455. The number of carbonyl (C=O) groups is 2. The summed E-state index contributed by atoms with van der Waals surface area (Å²) >= 11 is 0. The zero-order valence-electron chi connectivity index (χ0n) is 14.9. The number of ether oxygens (including phenoxy) is 1. The van der Waals surface area contributed by atoms with E-state index in [9.17, 15) is 9.59 Å². The van der Waals surface area contributed by atoms with Gasteiger partial charge in [0.25, 0.3) is 5.91 Å². The third kappa shape index (κ3) is 2.31. The lowest BCUT2D eigenvalue weighted by Gasteiger charge is -2.12. The molecular weight excluding hydrogens is 354 g/mol. The van der Waals surface area contributed by atoms with E-state index in [1.54, 1.807) is 31.4 Å². The molecule has 1 amide bonds. The van der Waals surface area contributed by atoms with Crippen LogP contribution < -0.4 is 10.1 Å². The Morgan fingerprint density at radius 3 is 2.57 bits per heavy atom. The third-order valence-electron chi connectivity index (χ3n) is 4.98. The van der Waals surface area contributed by atoms with Crippen LogP contribution in [-0.2, 0) is 4.79 Å². The molecule has 3 aromatic rings. The number of hydrogen-bond acceptors (Lipinski definition) is 4. The first-order valence-electron chi connectivity index (χ1n) is 8.78. The highest BCUT2D eigenvalue weighted by atomic mass is 16.5. The number of methoxy groups -OCH3 is 1. The van der Waals surface area contributed by atoms with Crippen molar-refractivity contribution in [2.45, 2.75) is 0 Å². The van der Waals surface area contributed by atoms with Gasteiger partial charge in [-0.3, -0.25) is 14.7 Å². The van der Waals surface area contributed by atoms with E-state index in [-0.39, 0.29) is 11.7 Å². The molecule has 0 bridgehead atoms. The average molecular weight is 369 g/mol. The van der Waals surface area contributed by atoms with Crippen molar-refractivity contribution >= 4 is 17.4 Å². The first-order valence-corrected chi connectivity index (χ1v) is 8.78. The molecule has 2 aromatic carbocycles. The number of anilines is 1. The summed E-state index contributed by atoms with van der Waals surface area (Å²) in [6, 6.07) is 12.8. The van der Waals surface area contributed by atoms with E-state index < -0.39 is 0 Å². The number of H-pyrrole nitrogens is 1. The van der Waals surface area contributed by atoms with Crippen LogP contribution in [0.25, 0.3) is 22.5 Å². The molecule has 0 atom stereocenters. The number of ketones is 1. The smallest absolute Gasteiger partial charge is 0.255 e.